The number of carbonyl (C=O) groups is 1. The molecule has 0 aliphatic rings. The highest BCUT2D eigenvalue weighted by Gasteiger charge is 2.07. The molecule has 0 amide bonds. The van der Waals surface area contributed by atoms with Gasteiger partial charge in [-0.3, -0.25) is 4.98 Å². The van der Waals surface area contributed by atoms with E-state index in [-0.39, 0.29) is 5.97 Å². The summed E-state index contributed by atoms with van der Waals surface area (Å²) in [6.45, 7) is 0. The number of halogens is 1. The topological polar surface area (TPSA) is 51.2 Å². The Kier molecular flexibility index (Phi) is 4.06. The first-order chi connectivity index (χ1) is 10.7. The van der Waals surface area contributed by atoms with Gasteiger partial charge in [-0.15, -0.1) is 0 Å². The van der Waals surface area contributed by atoms with Crippen LogP contribution in [0.1, 0.15) is 10.4 Å². The quantitative estimate of drug-likeness (QED) is 0.700. The van der Waals surface area contributed by atoms with Gasteiger partial charge in [0.15, 0.2) is 0 Å². The van der Waals surface area contributed by atoms with Crippen LogP contribution in [-0.4, -0.2) is 18.1 Å². The number of aromatic nitrogens is 1. The summed E-state index contributed by atoms with van der Waals surface area (Å²) in [6.07, 6.45) is 1.75. The van der Waals surface area contributed by atoms with Gasteiger partial charge in [0.2, 0.25) is 0 Å². The molecule has 0 radical (unpaired) electrons. The van der Waals surface area contributed by atoms with E-state index in [1.165, 1.54) is 7.11 Å². The fraction of sp³-hybridized carbons (Fsp3) is 0.0588. The summed E-state index contributed by atoms with van der Waals surface area (Å²) in [5.41, 5.74) is 3.15. The largest absolute Gasteiger partial charge is 0.465 e. The minimum Gasteiger partial charge on any atom is -0.465 e. The highest BCUT2D eigenvalue weighted by Crippen LogP contribution is 2.28. The highest BCUT2D eigenvalue weighted by atomic mass is 79.9. The van der Waals surface area contributed by atoms with Crippen LogP contribution in [0.4, 0.5) is 11.4 Å². The number of nitrogens with zero attached hydrogens (tertiary/aromatic N) is 1. The number of benzene rings is 2. The third-order valence-corrected chi connectivity index (χ3v) is 3.76. The van der Waals surface area contributed by atoms with E-state index in [1.54, 1.807) is 18.3 Å². The minimum atomic E-state index is -0.356. The molecule has 0 aliphatic heterocycles. The van der Waals surface area contributed by atoms with E-state index >= 15 is 0 Å². The van der Waals surface area contributed by atoms with Gasteiger partial charge >= 0.3 is 5.97 Å². The average molecular weight is 357 g/mol. The van der Waals surface area contributed by atoms with Crippen molar-refractivity contribution in [1.29, 1.82) is 0 Å². The standard InChI is InChI=1S/C17H13BrN2O2/c1-22-17(21)11-3-2-4-13(9-11)20-16-7-8-19-15-6-5-12(18)10-14(15)16/h2-10H,1H3,(H,19,20). The Labute approximate surface area is 136 Å². The molecule has 2 aromatic carbocycles. The number of anilines is 2. The first-order valence-electron chi connectivity index (χ1n) is 6.67. The maximum atomic E-state index is 11.6. The lowest BCUT2D eigenvalue weighted by atomic mass is 10.1. The number of pyridine rings is 1. The van der Waals surface area contributed by atoms with Crippen molar-refractivity contribution >= 4 is 44.2 Å². The van der Waals surface area contributed by atoms with E-state index in [1.807, 2.05) is 36.4 Å². The molecule has 1 N–H and O–H groups in total. The number of ether oxygens (including phenoxy) is 1. The fourth-order valence-corrected chi connectivity index (χ4v) is 2.59. The molecule has 0 atom stereocenters. The van der Waals surface area contributed by atoms with Crippen molar-refractivity contribution in [2.45, 2.75) is 0 Å². The second-order valence-corrected chi connectivity index (χ2v) is 5.63. The number of rotatable bonds is 3. The van der Waals surface area contributed by atoms with Crippen molar-refractivity contribution in [1.82, 2.24) is 4.98 Å². The fourth-order valence-electron chi connectivity index (χ4n) is 2.22. The summed E-state index contributed by atoms with van der Waals surface area (Å²) >= 11 is 3.48. The van der Waals surface area contributed by atoms with Gasteiger partial charge in [-0.1, -0.05) is 22.0 Å². The normalized spacial score (nSPS) is 10.5. The Morgan fingerprint density at radius 3 is 2.86 bits per heavy atom. The lowest BCUT2D eigenvalue weighted by molar-refractivity contribution is 0.0601. The van der Waals surface area contributed by atoms with E-state index in [9.17, 15) is 4.79 Å². The number of hydrogen-bond acceptors (Lipinski definition) is 4. The molecule has 0 saturated carbocycles. The van der Waals surface area contributed by atoms with Crippen molar-refractivity contribution in [3.63, 3.8) is 0 Å². The molecule has 5 heteroatoms. The highest BCUT2D eigenvalue weighted by molar-refractivity contribution is 9.10. The van der Waals surface area contributed by atoms with Crippen molar-refractivity contribution in [2.24, 2.45) is 0 Å². The Hall–Kier alpha value is -2.40. The maximum Gasteiger partial charge on any atom is 0.337 e. The van der Waals surface area contributed by atoms with E-state index in [0.717, 1.165) is 26.8 Å². The van der Waals surface area contributed by atoms with Crippen LogP contribution < -0.4 is 5.32 Å². The lowest BCUT2D eigenvalue weighted by Crippen LogP contribution is -2.02. The molecule has 0 spiro atoms. The number of methoxy groups -OCH3 is 1. The second-order valence-electron chi connectivity index (χ2n) is 4.72. The molecule has 4 nitrogen and oxygen atoms in total. The van der Waals surface area contributed by atoms with Gasteiger partial charge in [0.25, 0.3) is 0 Å². The first-order valence-corrected chi connectivity index (χ1v) is 7.46. The number of nitrogens with one attached hydrogen (secondary N) is 1. The van der Waals surface area contributed by atoms with Crippen LogP contribution in [0.25, 0.3) is 10.9 Å². The molecule has 0 unspecified atom stereocenters. The predicted octanol–water partition coefficient (Wildman–Crippen LogP) is 4.53. The van der Waals surface area contributed by atoms with Gasteiger partial charge in [-0.25, -0.2) is 4.79 Å². The number of carbonyl (C=O) groups excluding carboxylic acids is 1. The third kappa shape index (κ3) is 2.94. The Morgan fingerprint density at radius 1 is 1.18 bits per heavy atom. The van der Waals surface area contributed by atoms with E-state index < -0.39 is 0 Å². The van der Waals surface area contributed by atoms with Crippen molar-refractivity contribution in [2.75, 3.05) is 12.4 Å². The summed E-state index contributed by atoms with van der Waals surface area (Å²) in [4.78, 5) is 16.0. The monoisotopic (exact) mass is 356 g/mol. The van der Waals surface area contributed by atoms with Gasteiger partial charge in [0, 0.05) is 27.4 Å². The van der Waals surface area contributed by atoms with Crippen LogP contribution in [0.15, 0.2) is 59.2 Å². The number of esters is 1. The molecule has 0 bridgehead atoms. The summed E-state index contributed by atoms with van der Waals surface area (Å²) in [7, 11) is 1.37. The molecule has 1 heterocycles. The second kappa shape index (κ2) is 6.15. The van der Waals surface area contributed by atoms with Gasteiger partial charge < -0.3 is 10.1 Å². The van der Waals surface area contributed by atoms with Crippen LogP contribution in [0.2, 0.25) is 0 Å². The van der Waals surface area contributed by atoms with E-state index in [4.69, 9.17) is 4.74 Å². The van der Waals surface area contributed by atoms with E-state index in [0.29, 0.717) is 5.56 Å². The Balaban J connectivity index is 2.00. The maximum absolute atomic E-state index is 11.6. The van der Waals surface area contributed by atoms with Gasteiger partial charge in [-0.05, 0) is 42.5 Å². The zero-order valence-corrected chi connectivity index (χ0v) is 13.4. The van der Waals surface area contributed by atoms with Crippen molar-refractivity contribution in [3.05, 3.63) is 64.8 Å². The molecule has 22 heavy (non-hydrogen) atoms. The smallest absolute Gasteiger partial charge is 0.337 e. The van der Waals surface area contributed by atoms with Crippen molar-refractivity contribution in [3.8, 4) is 0 Å². The van der Waals surface area contributed by atoms with Crippen LogP contribution in [-0.2, 0) is 4.74 Å². The zero-order chi connectivity index (χ0) is 15.5. The summed E-state index contributed by atoms with van der Waals surface area (Å²) in [5.74, 6) is -0.356. The zero-order valence-electron chi connectivity index (χ0n) is 11.8. The summed E-state index contributed by atoms with van der Waals surface area (Å²) in [5, 5.41) is 4.33. The molecule has 3 rings (SSSR count). The molecule has 110 valence electrons. The molecule has 1 aromatic heterocycles. The number of hydrogen-bond donors (Lipinski definition) is 1. The Morgan fingerprint density at radius 2 is 2.05 bits per heavy atom. The Bertz CT molecular complexity index is 849. The van der Waals surface area contributed by atoms with E-state index in [2.05, 4.69) is 26.2 Å². The van der Waals surface area contributed by atoms with Crippen LogP contribution in [0.3, 0.4) is 0 Å². The molecule has 3 aromatic rings. The van der Waals surface area contributed by atoms with Gasteiger partial charge in [-0.2, -0.15) is 0 Å². The third-order valence-electron chi connectivity index (χ3n) is 3.27. The van der Waals surface area contributed by atoms with Gasteiger partial charge in [0.1, 0.15) is 0 Å². The van der Waals surface area contributed by atoms with Crippen LogP contribution in [0, 0.1) is 0 Å². The molecular formula is C17H13BrN2O2. The van der Waals surface area contributed by atoms with Crippen LogP contribution in [0.5, 0.6) is 0 Å². The minimum absolute atomic E-state index is 0.356. The first kappa shape index (κ1) is 14.5. The predicted molar refractivity (Wildman–Crippen MR) is 90.5 cm³/mol. The van der Waals surface area contributed by atoms with Gasteiger partial charge in [0.05, 0.1) is 18.2 Å². The molecule has 0 fully saturated rings. The summed E-state index contributed by atoms with van der Waals surface area (Å²) < 4.78 is 5.73. The number of fused-ring (bicyclic) bond motifs is 1. The SMILES string of the molecule is COC(=O)c1cccc(Nc2ccnc3ccc(Br)cc23)c1. The van der Waals surface area contributed by atoms with Crippen molar-refractivity contribution < 1.29 is 9.53 Å². The summed E-state index contributed by atoms with van der Waals surface area (Å²) in [6, 6.07) is 15.0. The van der Waals surface area contributed by atoms with Crippen LogP contribution >= 0.6 is 15.9 Å². The molecule has 0 aliphatic carbocycles. The average Bonchev–Trinajstić information content (AvgIpc) is 2.55. The molecular weight excluding hydrogens is 344 g/mol. The lowest BCUT2D eigenvalue weighted by Gasteiger charge is -2.10. The molecule has 0 saturated heterocycles.